The molecule has 76 valence electrons. The summed E-state index contributed by atoms with van der Waals surface area (Å²) in [5.74, 6) is -0.0911. The van der Waals surface area contributed by atoms with Crippen LogP contribution in [0.1, 0.15) is 25.5 Å². The lowest BCUT2D eigenvalue weighted by atomic mass is 10.1. The topological polar surface area (TPSA) is 56.0 Å². The van der Waals surface area contributed by atoms with E-state index >= 15 is 0 Å². The van der Waals surface area contributed by atoms with E-state index in [1.807, 2.05) is 0 Å². The van der Waals surface area contributed by atoms with Gasteiger partial charge in [-0.1, -0.05) is 37.0 Å². The van der Waals surface area contributed by atoms with Crippen LogP contribution < -0.4 is 0 Å². The fourth-order valence-electron chi connectivity index (χ4n) is 1.08. The molecule has 1 aromatic heterocycles. The van der Waals surface area contributed by atoms with Crippen LogP contribution in [0.4, 0.5) is 5.69 Å². The smallest absolute Gasteiger partial charge is 0.258 e. The number of hydrogen-bond donors (Lipinski definition) is 0. The molecule has 4 nitrogen and oxygen atoms in total. The van der Waals surface area contributed by atoms with Gasteiger partial charge in [0.25, 0.3) is 0 Å². The molecule has 0 aliphatic heterocycles. The molecule has 0 radical (unpaired) electrons. The fraction of sp³-hybridized carbons (Fsp3) is 0.375. The monoisotopic (exact) mass is 234 g/mol. The molecule has 0 aromatic carbocycles. The van der Waals surface area contributed by atoms with E-state index in [1.165, 1.54) is 6.07 Å². The van der Waals surface area contributed by atoms with Gasteiger partial charge in [0, 0.05) is 12.0 Å². The summed E-state index contributed by atoms with van der Waals surface area (Å²) in [4.78, 5) is 14.0. The highest BCUT2D eigenvalue weighted by atomic mass is 35.5. The van der Waals surface area contributed by atoms with Crippen molar-refractivity contribution < 1.29 is 4.92 Å². The van der Waals surface area contributed by atoms with Gasteiger partial charge in [0.15, 0.2) is 0 Å². The molecule has 0 amide bonds. The Balaban J connectivity index is 3.44. The minimum absolute atomic E-state index is 0.0266. The second kappa shape index (κ2) is 4.11. The number of hydrogen-bond acceptors (Lipinski definition) is 3. The maximum absolute atomic E-state index is 10.7. The molecule has 0 atom stereocenters. The second-order valence-corrected chi connectivity index (χ2v) is 3.87. The van der Waals surface area contributed by atoms with Crippen molar-refractivity contribution in [1.29, 1.82) is 0 Å². The number of nitro groups is 1. The molecule has 0 saturated heterocycles. The van der Waals surface area contributed by atoms with Gasteiger partial charge in [-0.05, 0) is 0 Å². The number of pyridine rings is 1. The minimum Gasteiger partial charge on any atom is -0.258 e. The molecular formula is C8H8Cl2N2O2. The van der Waals surface area contributed by atoms with Crippen molar-refractivity contribution in [2.24, 2.45) is 0 Å². The Morgan fingerprint density at radius 3 is 2.50 bits per heavy atom. The Kier molecular flexibility index (Phi) is 3.29. The molecule has 6 heteroatoms. The summed E-state index contributed by atoms with van der Waals surface area (Å²) in [6.45, 7) is 3.59. The van der Waals surface area contributed by atoms with Crippen molar-refractivity contribution in [1.82, 2.24) is 4.98 Å². The van der Waals surface area contributed by atoms with Crippen molar-refractivity contribution in [2.45, 2.75) is 19.8 Å². The van der Waals surface area contributed by atoms with Crippen LogP contribution in [0.25, 0.3) is 0 Å². The molecule has 0 N–H and O–H groups in total. The quantitative estimate of drug-likeness (QED) is 0.448. The van der Waals surface area contributed by atoms with Gasteiger partial charge in [-0.3, -0.25) is 10.1 Å². The van der Waals surface area contributed by atoms with E-state index in [2.05, 4.69) is 4.98 Å². The first-order valence-corrected chi connectivity index (χ1v) is 4.69. The highest BCUT2D eigenvalue weighted by Crippen LogP contribution is 2.33. The van der Waals surface area contributed by atoms with Gasteiger partial charge in [0.2, 0.25) is 0 Å². The average molecular weight is 235 g/mol. The Bertz CT molecular complexity index is 380. The molecule has 1 rings (SSSR count). The first kappa shape index (κ1) is 11.2. The number of aromatic nitrogens is 1. The largest absolute Gasteiger partial charge is 0.309 e. The predicted molar refractivity (Wildman–Crippen MR) is 55.0 cm³/mol. The molecule has 0 aliphatic rings. The third-order valence-corrected chi connectivity index (χ3v) is 2.15. The van der Waals surface area contributed by atoms with Crippen LogP contribution in [0, 0.1) is 10.1 Å². The Morgan fingerprint density at radius 2 is 2.07 bits per heavy atom. The lowest BCUT2D eigenvalue weighted by molar-refractivity contribution is -0.385. The summed E-state index contributed by atoms with van der Waals surface area (Å²) in [5.41, 5.74) is 0.151. The predicted octanol–water partition coefficient (Wildman–Crippen LogP) is 3.42. The number of rotatable bonds is 2. The highest BCUT2D eigenvalue weighted by molar-refractivity contribution is 6.35. The van der Waals surface area contributed by atoms with Gasteiger partial charge < -0.3 is 0 Å². The van der Waals surface area contributed by atoms with Crippen molar-refractivity contribution in [3.8, 4) is 0 Å². The summed E-state index contributed by atoms with van der Waals surface area (Å²) in [6.07, 6.45) is 0. The van der Waals surface area contributed by atoms with E-state index in [1.54, 1.807) is 13.8 Å². The lowest BCUT2D eigenvalue weighted by Crippen LogP contribution is -2.01. The molecule has 0 spiro atoms. The maximum atomic E-state index is 10.7. The van der Waals surface area contributed by atoms with E-state index in [-0.39, 0.29) is 21.8 Å². The maximum Gasteiger partial charge on any atom is 0.309 e. The molecule has 0 saturated carbocycles. The average Bonchev–Trinajstić information content (AvgIpc) is 2.01. The zero-order valence-corrected chi connectivity index (χ0v) is 9.13. The van der Waals surface area contributed by atoms with Crippen LogP contribution in [-0.2, 0) is 0 Å². The van der Waals surface area contributed by atoms with Crippen molar-refractivity contribution >= 4 is 28.9 Å². The third-order valence-electron chi connectivity index (χ3n) is 1.67. The van der Waals surface area contributed by atoms with Crippen LogP contribution in [0.15, 0.2) is 6.07 Å². The molecule has 1 heterocycles. The van der Waals surface area contributed by atoms with E-state index in [0.717, 1.165) is 0 Å². The Hall–Kier alpha value is -0.870. The van der Waals surface area contributed by atoms with E-state index in [9.17, 15) is 10.1 Å². The van der Waals surface area contributed by atoms with Crippen LogP contribution in [0.3, 0.4) is 0 Å². The Labute approximate surface area is 91.0 Å². The zero-order chi connectivity index (χ0) is 10.9. The molecule has 0 aliphatic carbocycles. The molecule has 0 unspecified atom stereocenters. The van der Waals surface area contributed by atoms with Crippen LogP contribution in [0.5, 0.6) is 0 Å². The minimum atomic E-state index is -0.541. The molecule has 1 aromatic rings. The highest BCUT2D eigenvalue weighted by Gasteiger charge is 2.23. The van der Waals surface area contributed by atoms with Crippen molar-refractivity contribution in [2.75, 3.05) is 0 Å². The SMILES string of the molecule is CC(C)c1nc(Cl)cc(Cl)c1[N+](=O)[O-]. The summed E-state index contributed by atoms with van der Waals surface area (Å²) >= 11 is 11.4. The standard InChI is InChI=1S/C8H8Cl2N2O2/c1-4(2)7-8(12(13)14)5(9)3-6(10)11-7/h3-4H,1-2H3. The molecule has 0 bridgehead atoms. The first-order valence-electron chi connectivity index (χ1n) is 3.93. The van der Waals surface area contributed by atoms with Crippen LogP contribution in [-0.4, -0.2) is 9.91 Å². The van der Waals surface area contributed by atoms with E-state index in [0.29, 0.717) is 5.69 Å². The summed E-state index contributed by atoms with van der Waals surface area (Å²) in [6, 6.07) is 1.27. The Morgan fingerprint density at radius 1 is 1.50 bits per heavy atom. The van der Waals surface area contributed by atoms with Gasteiger partial charge in [0.05, 0.1) is 4.92 Å². The van der Waals surface area contributed by atoms with E-state index < -0.39 is 4.92 Å². The summed E-state index contributed by atoms with van der Waals surface area (Å²) in [5, 5.41) is 10.9. The van der Waals surface area contributed by atoms with Crippen molar-refractivity contribution in [3.05, 3.63) is 32.1 Å². The van der Waals surface area contributed by atoms with Crippen LogP contribution >= 0.6 is 23.2 Å². The molecule has 14 heavy (non-hydrogen) atoms. The third kappa shape index (κ3) is 2.13. The first-order chi connectivity index (χ1) is 6.43. The number of halogens is 2. The normalized spacial score (nSPS) is 10.6. The zero-order valence-electron chi connectivity index (χ0n) is 7.62. The van der Waals surface area contributed by atoms with Gasteiger partial charge in [0.1, 0.15) is 15.9 Å². The lowest BCUT2D eigenvalue weighted by Gasteiger charge is -2.06. The number of nitrogens with zero attached hydrogens (tertiary/aromatic N) is 2. The summed E-state index contributed by atoms with van der Waals surface area (Å²) < 4.78 is 0. The van der Waals surface area contributed by atoms with Gasteiger partial charge in [-0.2, -0.15) is 0 Å². The van der Waals surface area contributed by atoms with E-state index in [4.69, 9.17) is 23.2 Å². The van der Waals surface area contributed by atoms with Gasteiger partial charge in [-0.25, -0.2) is 4.98 Å². The molecular weight excluding hydrogens is 227 g/mol. The van der Waals surface area contributed by atoms with Crippen LogP contribution in [0.2, 0.25) is 10.2 Å². The van der Waals surface area contributed by atoms with Gasteiger partial charge in [-0.15, -0.1) is 0 Å². The fourth-order valence-corrected chi connectivity index (χ4v) is 1.60. The second-order valence-electron chi connectivity index (χ2n) is 3.07. The van der Waals surface area contributed by atoms with Gasteiger partial charge >= 0.3 is 5.69 Å². The van der Waals surface area contributed by atoms with Crippen molar-refractivity contribution in [3.63, 3.8) is 0 Å². The molecule has 0 fully saturated rings. The summed E-state index contributed by atoms with van der Waals surface area (Å²) in [7, 11) is 0.